The van der Waals surface area contributed by atoms with Gasteiger partial charge in [-0.2, -0.15) is 0 Å². The molecule has 5 aromatic rings. The van der Waals surface area contributed by atoms with E-state index in [1.807, 2.05) is 103 Å². The molecule has 0 atom stereocenters. The second-order valence-electron chi connectivity index (χ2n) is 7.31. The van der Waals surface area contributed by atoms with Crippen molar-refractivity contribution in [1.29, 1.82) is 0 Å². The number of ketones is 1. The number of nitrogens with one attached hydrogen (secondary N) is 1. The van der Waals surface area contributed by atoms with Crippen molar-refractivity contribution >= 4 is 5.78 Å². The predicted molar refractivity (Wildman–Crippen MR) is 125 cm³/mol. The smallest absolute Gasteiger partial charge is 0.193 e. The van der Waals surface area contributed by atoms with E-state index in [9.17, 15) is 4.79 Å². The summed E-state index contributed by atoms with van der Waals surface area (Å²) in [7, 11) is 0. The first-order valence-corrected chi connectivity index (χ1v) is 10.2. The van der Waals surface area contributed by atoms with E-state index in [1.54, 1.807) is 0 Å². The summed E-state index contributed by atoms with van der Waals surface area (Å²) in [4.78, 5) is 21.2. The van der Waals surface area contributed by atoms with Gasteiger partial charge in [0.15, 0.2) is 5.78 Å². The third kappa shape index (κ3) is 3.81. The van der Waals surface area contributed by atoms with E-state index in [2.05, 4.69) is 17.1 Å². The van der Waals surface area contributed by atoms with Gasteiger partial charge in [-0.05, 0) is 0 Å². The number of imidazole rings is 1. The third-order valence-corrected chi connectivity index (χ3v) is 5.27. The van der Waals surface area contributed by atoms with Crippen molar-refractivity contribution in [3.05, 3.63) is 126 Å². The molecule has 0 radical (unpaired) electrons. The maximum Gasteiger partial charge on any atom is 0.193 e. The summed E-state index contributed by atoms with van der Waals surface area (Å²) in [6, 6.07) is 37.3. The summed E-state index contributed by atoms with van der Waals surface area (Å²) >= 11 is 0. The number of aromatic amines is 1. The SMILES string of the molecule is O=C(c1ccccc1)c1ccc(-c2[nH]c(-c3ccccc3)nc2-c2ccccc2)cc1. The fourth-order valence-electron chi connectivity index (χ4n) is 3.66. The first-order chi connectivity index (χ1) is 15.3. The Bertz CT molecular complexity index is 1310. The molecule has 0 aliphatic carbocycles. The maximum atomic E-state index is 12.8. The van der Waals surface area contributed by atoms with E-state index in [0.717, 1.165) is 33.9 Å². The van der Waals surface area contributed by atoms with Crippen LogP contribution in [0.2, 0.25) is 0 Å². The lowest BCUT2D eigenvalue weighted by Gasteiger charge is -2.05. The van der Waals surface area contributed by atoms with E-state index < -0.39 is 0 Å². The molecule has 0 spiro atoms. The fourth-order valence-corrected chi connectivity index (χ4v) is 3.66. The molecule has 0 aliphatic heterocycles. The van der Waals surface area contributed by atoms with Gasteiger partial charge in [-0.15, -0.1) is 0 Å². The summed E-state index contributed by atoms with van der Waals surface area (Å²) in [5.41, 5.74) is 6.23. The van der Waals surface area contributed by atoms with Gasteiger partial charge < -0.3 is 4.98 Å². The van der Waals surface area contributed by atoms with Crippen LogP contribution in [0.25, 0.3) is 33.9 Å². The molecule has 31 heavy (non-hydrogen) atoms. The highest BCUT2D eigenvalue weighted by Gasteiger charge is 2.16. The summed E-state index contributed by atoms with van der Waals surface area (Å²) in [6.45, 7) is 0. The summed E-state index contributed by atoms with van der Waals surface area (Å²) in [5.74, 6) is 0.837. The standard InChI is InChI=1S/C28H20N2O/c31-27(22-12-6-2-7-13-22)23-18-16-21(17-19-23)26-25(20-10-4-1-5-11-20)29-28(30-26)24-14-8-3-9-15-24/h1-19H,(H,29,30). The summed E-state index contributed by atoms with van der Waals surface area (Å²) < 4.78 is 0. The monoisotopic (exact) mass is 400 g/mol. The Morgan fingerprint density at radius 1 is 0.548 bits per heavy atom. The lowest BCUT2D eigenvalue weighted by atomic mass is 10.00. The Balaban J connectivity index is 1.56. The largest absolute Gasteiger partial charge is 0.337 e. The van der Waals surface area contributed by atoms with Crippen LogP contribution in [0.1, 0.15) is 15.9 Å². The van der Waals surface area contributed by atoms with Crippen LogP contribution in [0.3, 0.4) is 0 Å². The molecule has 148 valence electrons. The Morgan fingerprint density at radius 3 is 1.68 bits per heavy atom. The Hall–Kier alpha value is -4.24. The molecule has 0 saturated heterocycles. The molecule has 5 rings (SSSR count). The molecule has 0 aliphatic rings. The highest BCUT2D eigenvalue weighted by atomic mass is 16.1. The van der Waals surface area contributed by atoms with E-state index in [-0.39, 0.29) is 5.78 Å². The van der Waals surface area contributed by atoms with Gasteiger partial charge in [0.25, 0.3) is 0 Å². The molecule has 4 aromatic carbocycles. The highest BCUT2D eigenvalue weighted by Crippen LogP contribution is 2.33. The minimum atomic E-state index is 0.0185. The predicted octanol–water partition coefficient (Wildman–Crippen LogP) is 6.64. The minimum Gasteiger partial charge on any atom is -0.337 e. The van der Waals surface area contributed by atoms with Crippen LogP contribution in [0.4, 0.5) is 0 Å². The van der Waals surface area contributed by atoms with Crippen molar-refractivity contribution in [2.24, 2.45) is 0 Å². The molecule has 0 saturated carbocycles. The number of hydrogen-bond acceptors (Lipinski definition) is 2. The van der Waals surface area contributed by atoms with Crippen molar-refractivity contribution in [1.82, 2.24) is 9.97 Å². The fraction of sp³-hybridized carbons (Fsp3) is 0. The van der Waals surface area contributed by atoms with Crippen LogP contribution in [0, 0.1) is 0 Å². The van der Waals surface area contributed by atoms with Crippen molar-refractivity contribution in [2.45, 2.75) is 0 Å². The number of benzene rings is 4. The molecule has 0 fully saturated rings. The van der Waals surface area contributed by atoms with Gasteiger partial charge in [0.2, 0.25) is 0 Å². The zero-order valence-corrected chi connectivity index (χ0v) is 16.8. The molecule has 3 nitrogen and oxygen atoms in total. The van der Waals surface area contributed by atoms with Crippen LogP contribution in [0.15, 0.2) is 115 Å². The van der Waals surface area contributed by atoms with Crippen molar-refractivity contribution in [2.75, 3.05) is 0 Å². The Kier molecular flexibility index (Phi) is 4.99. The minimum absolute atomic E-state index is 0.0185. The first kappa shape index (κ1) is 18.8. The van der Waals surface area contributed by atoms with E-state index in [4.69, 9.17) is 4.98 Å². The zero-order chi connectivity index (χ0) is 21.0. The number of aromatic nitrogens is 2. The van der Waals surface area contributed by atoms with E-state index in [0.29, 0.717) is 11.1 Å². The van der Waals surface area contributed by atoms with Gasteiger partial charge in [0, 0.05) is 27.8 Å². The van der Waals surface area contributed by atoms with Crippen molar-refractivity contribution in [3.63, 3.8) is 0 Å². The quantitative estimate of drug-likeness (QED) is 0.336. The molecule has 1 aromatic heterocycles. The second-order valence-corrected chi connectivity index (χ2v) is 7.31. The second kappa shape index (κ2) is 8.25. The molecule has 1 N–H and O–H groups in total. The Morgan fingerprint density at radius 2 is 1.06 bits per heavy atom. The van der Waals surface area contributed by atoms with Crippen LogP contribution in [-0.2, 0) is 0 Å². The topological polar surface area (TPSA) is 45.8 Å². The van der Waals surface area contributed by atoms with Gasteiger partial charge in [-0.25, -0.2) is 4.98 Å². The van der Waals surface area contributed by atoms with Crippen LogP contribution < -0.4 is 0 Å². The first-order valence-electron chi connectivity index (χ1n) is 10.2. The van der Waals surface area contributed by atoms with Gasteiger partial charge >= 0.3 is 0 Å². The number of H-pyrrole nitrogens is 1. The lowest BCUT2D eigenvalue weighted by molar-refractivity contribution is 0.103. The van der Waals surface area contributed by atoms with Gasteiger partial charge in [-0.3, -0.25) is 4.79 Å². The highest BCUT2D eigenvalue weighted by molar-refractivity contribution is 6.09. The number of carbonyl (C=O) groups is 1. The lowest BCUT2D eigenvalue weighted by Crippen LogP contribution is -2.00. The summed E-state index contributed by atoms with van der Waals surface area (Å²) in [5, 5.41) is 0. The Labute approximate surface area is 181 Å². The number of carbonyl (C=O) groups excluding carboxylic acids is 1. The maximum absolute atomic E-state index is 12.8. The number of rotatable bonds is 5. The number of nitrogens with zero attached hydrogens (tertiary/aromatic N) is 1. The molecule has 0 amide bonds. The average molecular weight is 400 g/mol. The normalized spacial score (nSPS) is 10.7. The molecule has 0 bridgehead atoms. The van der Waals surface area contributed by atoms with E-state index >= 15 is 0 Å². The van der Waals surface area contributed by atoms with Crippen molar-refractivity contribution in [3.8, 4) is 33.9 Å². The van der Waals surface area contributed by atoms with Crippen LogP contribution >= 0.6 is 0 Å². The zero-order valence-electron chi connectivity index (χ0n) is 16.8. The number of hydrogen-bond donors (Lipinski definition) is 1. The van der Waals surface area contributed by atoms with Gasteiger partial charge in [0.1, 0.15) is 5.82 Å². The molecule has 1 heterocycles. The average Bonchev–Trinajstić information content (AvgIpc) is 3.31. The van der Waals surface area contributed by atoms with Crippen LogP contribution in [-0.4, -0.2) is 15.8 Å². The third-order valence-electron chi connectivity index (χ3n) is 5.27. The van der Waals surface area contributed by atoms with E-state index in [1.165, 1.54) is 0 Å². The molecule has 0 unspecified atom stereocenters. The molecular formula is C28H20N2O. The summed E-state index contributed by atoms with van der Waals surface area (Å²) in [6.07, 6.45) is 0. The van der Waals surface area contributed by atoms with Crippen LogP contribution in [0.5, 0.6) is 0 Å². The van der Waals surface area contributed by atoms with Gasteiger partial charge in [-0.1, -0.05) is 115 Å². The molecule has 3 heteroatoms. The molecular weight excluding hydrogens is 380 g/mol. The van der Waals surface area contributed by atoms with Crippen molar-refractivity contribution < 1.29 is 4.79 Å². The van der Waals surface area contributed by atoms with Gasteiger partial charge in [0.05, 0.1) is 11.4 Å².